The second-order valence-electron chi connectivity index (χ2n) is 5.66. The van der Waals surface area contributed by atoms with Gasteiger partial charge in [-0.25, -0.2) is 0 Å². The molecule has 0 amide bonds. The van der Waals surface area contributed by atoms with Crippen LogP contribution in [0.3, 0.4) is 0 Å². The summed E-state index contributed by atoms with van der Waals surface area (Å²) in [6.07, 6.45) is 1.13. The molecule has 0 aromatic carbocycles. The SMILES string of the molecule is CCC(NC(C)c1ccc(C)o1)C(C)(C)C. The Bertz CT molecular complexity index is 322. The molecule has 92 valence electrons. The van der Waals surface area contributed by atoms with E-state index < -0.39 is 0 Å². The van der Waals surface area contributed by atoms with Crippen LogP contribution in [0.4, 0.5) is 0 Å². The van der Waals surface area contributed by atoms with Crippen molar-refractivity contribution < 1.29 is 4.42 Å². The molecule has 0 aliphatic carbocycles. The Morgan fingerprint density at radius 2 is 1.94 bits per heavy atom. The van der Waals surface area contributed by atoms with E-state index in [9.17, 15) is 0 Å². The summed E-state index contributed by atoms with van der Waals surface area (Å²) in [6, 6.07) is 4.86. The number of nitrogens with one attached hydrogen (secondary N) is 1. The fraction of sp³-hybridized carbons (Fsp3) is 0.714. The van der Waals surface area contributed by atoms with Crippen LogP contribution in [0.15, 0.2) is 16.5 Å². The van der Waals surface area contributed by atoms with Crippen LogP contribution in [0.25, 0.3) is 0 Å². The zero-order chi connectivity index (χ0) is 12.3. The van der Waals surface area contributed by atoms with Crippen molar-refractivity contribution in [2.45, 2.75) is 60.0 Å². The third-order valence-electron chi connectivity index (χ3n) is 3.09. The van der Waals surface area contributed by atoms with Gasteiger partial charge < -0.3 is 9.73 Å². The summed E-state index contributed by atoms with van der Waals surface area (Å²) in [5.74, 6) is 2.01. The maximum Gasteiger partial charge on any atom is 0.120 e. The molecule has 1 aromatic heterocycles. The molecule has 2 unspecified atom stereocenters. The summed E-state index contributed by atoms with van der Waals surface area (Å²) in [4.78, 5) is 0. The van der Waals surface area contributed by atoms with Gasteiger partial charge in [-0.2, -0.15) is 0 Å². The Morgan fingerprint density at radius 3 is 2.31 bits per heavy atom. The van der Waals surface area contributed by atoms with Crippen LogP contribution < -0.4 is 5.32 Å². The quantitative estimate of drug-likeness (QED) is 0.832. The lowest BCUT2D eigenvalue weighted by Gasteiger charge is -2.32. The molecule has 0 aliphatic heterocycles. The summed E-state index contributed by atoms with van der Waals surface area (Å²) >= 11 is 0. The smallest absolute Gasteiger partial charge is 0.120 e. The van der Waals surface area contributed by atoms with E-state index in [1.54, 1.807) is 0 Å². The Morgan fingerprint density at radius 1 is 1.31 bits per heavy atom. The van der Waals surface area contributed by atoms with Crippen molar-refractivity contribution in [3.8, 4) is 0 Å². The second kappa shape index (κ2) is 5.05. The van der Waals surface area contributed by atoms with E-state index in [1.807, 2.05) is 13.0 Å². The van der Waals surface area contributed by atoms with Gasteiger partial charge in [0.1, 0.15) is 11.5 Å². The molecule has 0 bridgehead atoms. The summed E-state index contributed by atoms with van der Waals surface area (Å²) < 4.78 is 5.64. The third-order valence-corrected chi connectivity index (χ3v) is 3.09. The lowest BCUT2D eigenvalue weighted by Crippen LogP contribution is -2.40. The number of rotatable bonds is 4. The molecule has 2 atom stereocenters. The normalized spacial score (nSPS) is 16.1. The highest BCUT2D eigenvalue weighted by Gasteiger charge is 2.25. The molecule has 2 nitrogen and oxygen atoms in total. The number of furan rings is 1. The molecule has 0 aliphatic rings. The maximum absolute atomic E-state index is 5.64. The first kappa shape index (κ1) is 13.3. The molecule has 16 heavy (non-hydrogen) atoms. The van der Waals surface area contributed by atoms with Gasteiger partial charge in [-0.3, -0.25) is 0 Å². The van der Waals surface area contributed by atoms with E-state index in [2.05, 4.69) is 46.0 Å². The molecule has 0 spiro atoms. The van der Waals surface area contributed by atoms with E-state index in [4.69, 9.17) is 4.42 Å². The number of aryl methyl sites for hydroxylation is 1. The Balaban J connectivity index is 2.66. The molecular formula is C14H25NO. The first-order valence-electron chi connectivity index (χ1n) is 6.17. The summed E-state index contributed by atoms with van der Waals surface area (Å²) in [7, 11) is 0. The van der Waals surface area contributed by atoms with Crippen molar-refractivity contribution in [1.29, 1.82) is 0 Å². The first-order valence-corrected chi connectivity index (χ1v) is 6.17. The van der Waals surface area contributed by atoms with Gasteiger partial charge in [0.2, 0.25) is 0 Å². The van der Waals surface area contributed by atoms with E-state index in [1.165, 1.54) is 0 Å². The van der Waals surface area contributed by atoms with Crippen molar-refractivity contribution >= 4 is 0 Å². The van der Waals surface area contributed by atoms with Crippen LogP contribution in [0.5, 0.6) is 0 Å². The van der Waals surface area contributed by atoms with Crippen molar-refractivity contribution in [2.75, 3.05) is 0 Å². The van der Waals surface area contributed by atoms with Crippen LogP contribution in [0.2, 0.25) is 0 Å². The number of hydrogen-bond donors (Lipinski definition) is 1. The lowest BCUT2D eigenvalue weighted by molar-refractivity contribution is 0.234. The summed E-state index contributed by atoms with van der Waals surface area (Å²) in [5, 5.41) is 3.64. The van der Waals surface area contributed by atoms with Crippen LogP contribution in [-0.4, -0.2) is 6.04 Å². The van der Waals surface area contributed by atoms with E-state index in [0.717, 1.165) is 17.9 Å². The van der Waals surface area contributed by atoms with Gasteiger partial charge in [0, 0.05) is 6.04 Å². The molecule has 1 N–H and O–H groups in total. The Labute approximate surface area is 99.4 Å². The standard InChI is InChI=1S/C14H25NO/c1-7-13(14(4,5)6)15-11(3)12-9-8-10(2)16-12/h8-9,11,13,15H,7H2,1-6H3. The predicted octanol–water partition coefficient (Wildman–Crippen LogP) is 4.06. The van der Waals surface area contributed by atoms with Gasteiger partial charge in [-0.1, -0.05) is 27.7 Å². The molecule has 2 heteroatoms. The predicted molar refractivity (Wildman–Crippen MR) is 68.5 cm³/mol. The monoisotopic (exact) mass is 223 g/mol. The molecule has 1 aromatic rings. The van der Waals surface area contributed by atoms with Gasteiger partial charge in [0.05, 0.1) is 6.04 Å². The highest BCUT2D eigenvalue weighted by atomic mass is 16.3. The van der Waals surface area contributed by atoms with E-state index >= 15 is 0 Å². The van der Waals surface area contributed by atoms with Gasteiger partial charge in [0.25, 0.3) is 0 Å². The minimum atomic E-state index is 0.276. The fourth-order valence-corrected chi connectivity index (χ4v) is 2.05. The molecule has 1 heterocycles. The zero-order valence-electron chi connectivity index (χ0n) is 11.4. The molecule has 0 radical (unpaired) electrons. The Kier molecular flexibility index (Phi) is 4.20. The molecule has 1 rings (SSSR count). The first-order chi connectivity index (χ1) is 7.34. The molecule has 0 fully saturated rings. The summed E-state index contributed by atoms with van der Waals surface area (Å²) in [5.41, 5.74) is 0.282. The minimum Gasteiger partial charge on any atom is -0.465 e. The molecule has 0 saturated carbocycles. The van der Waals surface area contributed by atoms with Crippen molar-refractivity contribution in [3.05, 3.63) is 23.7 Å². The highest BCUT2D eigenvalue weighted by molar-refractivity contribution is 5.09. The fourth-order valence-electron chi connectivity index (χ4n) is 2.05. The van der Waals surface area contributed by atoms with Crippen LogP contribution in [0.1, 0.15) is 58.6 Å². The number of hydrogen-bond acceptors (Lipinski definition) is 2. The van der Waals surface area contributed by atoms with Gasteiger partial charge in [-0.05, 0) is 37.8 Å². The van der Waals surface area contributed by atoms with Crippen LogP contribution in [0, 0.1) is 12.3 Å². The van der Waals surface area contributed by atoms with Crippen LogP contribution in [-0.2, 0) is 0 Å². The average molecular weight is 223 g/mol. The zero-order valence-corrected chi connectivity index (χ0v) is 11.4. The van der Waals surface area contributed by atoms with Gasteiger partial charge in [-0.15, -0.1) is 0 Å². The Hall–Kier alpha value is -0.760. The topological polar surface area (TPSA) is 25.2 Å². The molecular weight excluding hydrogens is 198 g/mol. The average Bonchev–Trinajstić information content (AvgIpc) is 2.59. The van der Waals surface area contributed by atoms with Gasteiger partial charge >= 0.3 is 0 Å². The maximum atomic E-state index is 5.64. The van der Waals surface area contributed by atoms with Gasteiger partial charge in [0.15, 0.2) is 0 Å². The van der Waals surface area contributed by atoms with Crippen molar-refractivity contribution in [2.24, 2.45) is 5.41 Å². The van der Waals surface area contributed by atoms with E-state index in [0.29, 0.717) is 6.04 Å². The lowest BCUT2D eigenvalue weighted by atomic mass is 9.84. The summed E-state index contributed by atoms with van der Waals surface area (Å²) in [6.45, 7) is 13.2. The van der Waals surface area contributed by atoms with Crippen molar-refractivity contribution in [3.63, 3.8) is 0 Å². The van der Waals surface area contributed by atoms with Crippen molar-refractivity contribution in [1.82, 2.24) is 5.32 Å². The highest BCUT2D eigenvalue weighted by Crippen LogP contribution is 2.25. The minimum absolute atomic E-state index is 0.276. The third kappa shape index (κ3) is 3.38. The van der Waals surface area contributed by atoms with Crippen LogP contribution >= 0.6 is 0 Å². The van der Waals surface area contributed by atoms with E-state index in [-0.39, 0.29) is 11.5 Å². The second-order valence-corrected chi connectivity index (χ2v) is 5.66. The molecule has 0 saturated heterocycles. The largest absolute Gasteiger partial charge is 0.465 e.